The molecule has 0 aliphatic heterocycles. The standard InChI is InChI=1S/C16H23N3S/c1-4-12(3)11-19(5-2)16-14(15(17)18-20-16)13-9-7-6-8-10-13/h6-10,12H,4-5,11H2,1-3H3,(H2,17,18). The highest BCUT2D eigenvalue weighted by molar-refractivity contribution is 7.11. The Labute approximate surface area is 125 Å². The maximum Gasteiger partial charge on any atom is 0.147 e. The summed E-state index contributed by atoms with van der Waals surface area (Å²) in [4.78, 5) is 2.39. The second-order valence-corrected chi connectivity index (χ2v) is 5.92. The van der Waals surface area contributed by atoms with Crippen LogP contribution in [0.4, 0.5) is 10.8 Å². The number of nitrogen functional groups attached to an aromatic ring is 1. The Balaban J connectivity index is 2.37. The number of nitrogens with zero attached hydrogens (tertiary/aromatic N) is 2. The first-order chi connectivity index (χ1) is 9.67. The van der Waals surface area contributed by atoms with Gasteiger partial charge in [0.25, 0.3) is 0 Å². The second-order valence-electron chi connectivity index (χ2n) is 5.17. The lowest BCUT2D eigenvalue weighted by Crippen LogP contribution is -2.27. The third-order valence-electron chi connectivity index (χ3n) is 3.66. The van der Waals surface area contributed by atoms with Gasteiger partial charge in [0.15, 0.2) is 0 Å². The first kappa shape index (κ1) is 14.9. The largest absolute Gasteiger partial charge is 0.382 e. The normalized spacial score (nSPS) is 12.3. The lowest BCUT2D eigenvalue weighted by Gasteiger charge is -2.25. The molecule has 0 saturated heterocycles. The van der Waals surface area contributed by atoms with Crippen LogP contribution in [0.2, 0.25) is 0 Å². The van der Waals surface area contributed by atoms with Crippen molar-refractivity contribution in [1.29, 1.82) is 0 Å². The maximum absolute atomic E-state index is 6.10. The Hall–Kier alpha value is -1.55. The molecule has 1 aromatic heterocycles. The van der Waals surface area contributed by atoms with Crippen LogP contribution in [0.1, 0.15) is 27.2 Å². The van der Waals surface area contributed by atoms with Gasteiger partial charge in [-0.3, -0.25) is 0 Å². The van der Waals surface area contributed by atoms with Gasteiger partial charge in [-0.25, -0.2) is 0 Å². The molecule has 2 aromatic rings. The zero-order valence-electron chi connectivity index (χ0n) is 12.5. The van der Waals surface area contributed by atoms with Crippen molar-refractivity contribution in [2.45, 2.75) is 27.2 Å². The molecule has 0 bridgehead atoms. The number of benzene rings is 1. The topological polar surface area (TPSA) is 42.2 Å². The minimum Gasteiger partial charge on any atom is -0.382 e. The Morgan fingerprint density at radius 3 is 2.55 bits per heavy atom. The SMILES string of the molecule is CCC(C)CN(CC)c1snc(N)c1-c1ccccc1. The zero-order chi connectivity index (χ0) is 14.5. The van der Waals surface area contributed by atoms with Crippen molar-refractivity contribution in [3.63, 3.8) is 0 Å². The summed E-state index contributed by atoms with van der Waals surface area (Å²) >= 11 is 1.51. The lowest BCUT2D eigenvalue weighted by atomic mass is 10.1. The number of anilines is 2. The van der Waals surface area contributed by atoms with Gasteiger partial charge in [-0.2, -0.15) is 4.37 Å². The van der Waals surface area contributed by atoms with Gasteiger partial charge in [0.05, 0.1) is 5.56 Å². The Morgan fingerprint density at radius 1 is 1.25 bits per heavy atom. The van der Waals surface area contributed by atoms with E-state index in [-0.39, 0.29) is 0 Å². The minimum absolute atomic E-state index is 0.638. The number of hydrogen-bond acceptors (Lipinski definition) is 4. The summed E-state index contributed by atoms with van der Waals surface area (Å²) in [6.45, 7) is 8.74. The van der Waals surface area contributed by atoms with E-state index in [9.17, 15) is 0 Å². The fraction of sp³-hybridized carbons (Fsp3) is 0.438. The predicted octanol–water partition coefficient (Wildman–Crippen LogP) is 4.26. The number of aromatic nitrogens is 1. The molecule has 1 heterocycles. The Morgan fingerprint density at radius 2 is 1.95 bits per heavy atom. The molecular weight excluding hydrogens is 266 g/mol. The highest BCUT2D eigenvalue weighted by Gasteiger charge is 2.19. The van der Waals surface area contributed by atoms with Crippen LogP contribution in [0.15, 0.2) is 30.3 Å². The molecule has 0 radical (unpaired) electrons. The van der Waals surface area contributed by atoms with Gasteiger partial charge < -0.3 is 10.6 Å². The molecule has 2 rings (SSSR count). The number of rotatable bonds is 6. The molecule has 0 saturated carbocycles. The van der Waals surface area contributed by atoms with E-state index in [1.54, 1.807) is 0 Å². The Bertz CT molecular complexity index is 536. The van der Waals surface area contributed by atoms with E-state index in [0.717, 1.165) is 24.2 Å². The molecule has 2 N–H and O–H groups in total. The third-order valence-corrected chi connectivity index (χ3v) is 4.58. The van der Waals surface area contributed by atoms with E-state index >= 15 is 0 Å². The van der Waals surface area contributed by atoms with E-state index < -0.39 is 0 Å². The van der Waals surface area contributed by atoms with E-state index in [1.165, 1.54) is 23.0 Å². The van der Waals surface area contributed by atoms with Gasteiger partial charge in [-0.15, -0.1) is 0 Å². The van der Waals surface area contributed by atoms with Crippen molar-refractivity contribution in [1.82, 2.24) is 4.37 Å². The molecule has 4 heteroatoms. The van der Waals surface area contributed by atoms with Crippen molar-refractivity contribution in [2.75, 3.05) is 23.7 Å². The van der Waals surface area contributed by atoms with Crippen molar-refractivity contribution in [3.8, 4) is 11.1 Å². The summed E-state index contributed by atoms with van der Waals surface area (Å²) in [6.07, 6.45) is 1.19. The molecule has 0 fully saturated rings. The van der Waals surface area contributed by atoms with Crippen LogP contribution in [0.25, 0.3) is 11.1 Å². The van der Waals surface area contributed by atoms with E-state index in [1.807, 2.05) is 18.2 Å². The molecule has 1 aromatic carbocycles. The monoisotopic (exact) mass is 289 g/mol. The smallest absolute Gasteiger partial charge is 0.147 e. The van der Waals surface area contributed by atoms with Gasteiger partial charge in [0, 0.05) is 13.1 Å². The fourth-order valence-corrected chi connectivity index (χ4v) is 3.16. The summed E-state index contributed by atoms with van der Waals surface area (Å²) in [5.41, 5.74) is 8.34. The van der Waals surface area contributed by atoms with Crippen LogP contribution in [-0.4, -0.2) is 17.5 Å². The maximum atomic E-state index is 6.10. The first-order valence-corrected chi connectivity index (χ1v) is 8.00. The minimum atomic E-state index is 0.638. The van der Waals surface area contributed by atoms with Crippen LogP contribution >= 0.6 is 11.5 Å². The van der Waals surface area contributed by atoms with Crippen LogP contribution in [0, 0.1) is 5.92 Å². The molecular formula is C16H23N3S. The molecule has 0 aliphatic carbocycles. The van der Waals surface area contributed by atoms with Crippen molar-refractivity contribution < 1.29 is 0 Å². The quantitative estimate of drug-likeness (QED) is 0.863. The number of hydrogen-bond donors (Lipinski definition) is 1. The number of nitrogens with two attached hydrogens (primary N) is 1. The summed E-state index contributed by atoms with van der Waals surface area (Å²) in [5, 5.41) is 1.19. The predicted molar refractivity (Wildman–Crippen MR) is 89.3 cm³/mol. The lowest BCUT2D eigenvalue weighted by molar-refractivity contribution is 0.550. The van der Waals surface area contributed by atoms with E-state index in [4.69, 9.17) is 5.73 Å². The molecule has 1 unspecified atom stereocenters. The van der Waals surface area contributed by atoms with Crippen LogP contribution < -0.4 is 10.6 Å². The van der Waals surface area contributed by atoms with Gasteiger partial charge >= 0.3 is 0 Å². The molecule has 1 atom stereocenters. The zero-order valence-corrected chi connectivity index (χ0v) is 13.3. The highest BCUT2D eigenvalue weighted by Crippen LogP contribution is 2.39. The van der Waals surface area contributed by atoms with Crippen molar-refractivity contribution in [3.05, 3.63) is 30.3 Å². The summed E-state index contributed by atoms with van der Waals surface area (Å²) in [7, 11) is 0. The molecule has 0 amide bonds. The summed E-state index contributed by atoms with van der Waals surface area (Å²) < 4.78 is 4.37. The second kappa shape index (κ2) is 6.75. The van der Waals surface area contributed by atoms with Crippen LogP contribution in [0.3, 0.4) is 0 Å². The molecule has 3 nitrogen and oxygen atoms in total. The van der Waals surface area contributed by atoms with Crippen molar-refractivity contribution in [2.24, 2.45) is 5.92 Å². The summed E-state index contributed by atoms with van der Waals surface area (Å²) in [6, 6.07) is 10.3. The summed E-state index contributed by atoms with van der Waals surface area (Å²) in [5.74, 6) is 1.31. The fourth-order valence-electron chi connectivity index (χ4n) is 2.25. The highest BCUT2D eigenvalue weighted by atomic mass is 32.1. The van der Waals surface area contributed by atoms with Crippen LogP contribution in [0.5, 0.6) is 0 Å². The van der Waals surface area contributed by atoms with Gasteiger partial charge in [0.2, 0.25) is 0 Å². The molecule has 108 valence electrons. The average molecular weight is 289 g/mol. The van der Waals surface area contributed by atoms with Gasteiger partial charge in [0.1, 0.15) is 10.8 Å². The van der Waals surface area contributed by atoms with Gasteiger partial charge in [-0.1, -0.05) is 50.6 Å². The van der Waals surface area contributed by atoms with Crippen LogP contribution in [-0.2, 0) is 0 Å². The van der Waals surface area contributed by atoms with Crippen molar-refractivity contribution >= 4 is 22.4 Å². The third kappa shape index (κ3) is 3.12. The van der Waals surface area contributed by atoms with Gasteiger partial charge in [-0.05, 0) is 29.9 Å². The Kier molecular flexibility index (Phi) is 5.01. The van der Waals surface area contributed by atoms with E-state index in [2.05, 4.69) is 42.2 Å². The first-order valence-electron chi connectivity index (χ1n) is 7.22. The molecule has 20 heavy (non-hydrogen) atoms. The molecule has 0 spiro atoms. The average Bonchev–Trinajstić information content (AvgIpc) is 2.87. The molecule has 0 aliphatic rings. The van der Waals surface area contributed by atoms with E-state index in [0.29, 0.717) is 11.7 Å².